The van der Waals surface area contributed by atoms with E-state index in [1.807, 2.05) is 20.8 Å². The summed E-state index contributed by atoms with van der Waals surface area (Å²) >= 11 is 0. The first-order valence-electron chi connectivity index (χ1n) is 7.08. The van der Waals surface area contributed by atoms with Crippen LogP contribution in [0.2, 0.25) is 0 Å². The van der Waals surface area contributed by atoms with E-state index in [9.17, 15) is 8.42 Å². The minimum absolute atomic E-state index is 0.194. The van der Waals surface area contributed by atoms with Crippen molar-refractivity contribution in [3.63, 3.8) is 0 Å². The molecular formula is C13H30N2O2S. The van der Waals surface area contributed by atoms with Crippen LogP contribution in [0.3, 0.4) is 0 Å². The van der Waals surface area contributed by atoms with Gasteiger partial charge in [0.15, 0.2) is 0 Å². The van der Waals surface area contributed by atoms with Gasteiger partial charge in [0, 0.05) is 25.7 Å². The zero-order valence-electron chi connectivity index (χ0n) is 12.6. The lowest BCUT2D eigenvalue weighted by molar-refractivity contribution is 0.339. The summed E-state index contributed by atoms with van der Waals surface area (Å²) in [5.74, 6) is 0.664. The molecule has 0 aromatic carbocycles. The Morgan fingerprint density at radius 3 is 2.06 bits per heavy atom. The molecule has 0 saturated heterocycles. The molecular weight excluding hydrogens is 248 g/mol. The molecule has 0 fully saturated rings. The Hall–Kier alpha value is -0.130. The van der Waals surface area contributed by atoms with Crippen LogP contribution in [0.15, 0.2) is 0 Å². The van der Waals surface area contributed by atoms with Crippen molar-refractivity contribution >= 4 is 10.0 Å². The highest BCUT2D eigenvalue weighted by atomic mass is 32.2. The molecule has 0 aliphatic rings. The molecule has 110 valence electrons. The second-order valence-corrected chi connectivity index (χ2v) is 7.15. The van der Waals surface area contributed by atoms with Crippen molar-refractivity contribution in [2.24, 2.45) is 5.92 Å². The summed E-state index contributed by atoms with van der Waals surface area (Å²) in [6, 6.07) is 0.328. The maximum absolute atomic E-state index is 12.2. The normalized spacial score (nSPS) is 12.9. The van der Waals surface area contributed by atoms with E-state index in [2.05, 4.69) is 19.2 Å². The molecule has 4 nitrogen and oxygen atoms in total. The average molecular weight is 278 g/mol. The maximum atomic E-state index is 12.2. The van der Waals surface area contributed by atoms with Gasteiger partial charge in [0.25, 0.3) is 0 Å². The highest BCUT2D eigenvalue weighted by molar-refractivity contribution is 7.89. The third-order valence-corrected chi connectivity index (χ3v) is 5.19. The van der Waals surface area contributed by atoms with E-state index >= 15 is 0 Å². The Labute approximate surface area is 113 Å². The van der Waals surface area contributed by atoms with Crippen molar-refractivity contribution in [1.29, 1.82) is 0 Å². The molecule has 0 aromatic rings. The summed E-state index contributed by atoms with van der Waals surface area (Å²) < 4.78 is 26.0. The van der Waals surface area contributed by atoms with Gasteiger partial charge in [-0.15, -0.1) is 0 Å². The number of sulfonamides is 1. The molecule has 0 bridgehead atoms. The first-order chi connectivity index (χ1) is 8.37. The van der Waals surface area contributed by atoms with E-state index in [0.29, 0.717) is 31.6 Å². The first-order valence-corrected chi connectivity index (χ1v) is 8.69. The lowest BCUT2D eigenvalue weighted by Crippen LogP contribution is -2.40. The smallest absolute Gasteiger partial charge is 0.215 e. The fraction of sp³-hybridized carbons (Fsp3) is 1.00. The van der Waals surface area contributed by atoms with Crippen LogP contribution in [-0.2, 0) is 10.0 Å². The van der Waals surface area contributed by atoms with Crippen LogP contribution in [0.1, 0.15) is 47.5 Å². The molecule has 0 aliphatic heterocycles. The van der Waals surface area contributed by atoms with E-state index in [0.717, 1.165) is 12.8 Å². The van der Waals surface area contributed by atoms with Crippen molar-refractivity contribution in [1.82, 2.24) is 9.62 Å². The van der Waals surface area contributed by atoms with Crippen molar-refractivity contribution in [3.8, 4) is 0 Å². The molecule has 0 unspecified atom stereocenters. The van der Waals surface area contributed by atoms with Crippen molar-refractivity contribution in [2.75, 3.05) is 25.4 Å². The Bertz CT molecular complexity index is 298. The van der Waals surface area contributed by atoms with E-state index < -0.39 is 10.0 Å². The number of rotatable bonds is 10. The minimum atomic E-state index is -3.11. The summed E-state index contributed by atoms with van der Waals surface area (Å²) in [5, 5.41) is 3.16. The second-order valence-electron chi connectivity index (χ2n) is 5.06. The van der Waals surface area contributed by atoms with Crippen LogP contribution >= 0.6 is 0 Å². The summed E-state index contributed by atoms with van der Waals surface area (Å²) in [5.41, 5.74) is 0. The SMILES string of the molecule is CCC(CC)CN(CC)S(=O)(=O)CCNC(C)C. The molecule has 0 aromatic heterocycles. The van der Waals surface area contributed by atoms with Crippen LogP contribution in [0.25, 0.3) is 0 Å². The van der Waals surface area contributed by atoms with Gasteiger partial charge in [-0.3, -0.25) is 0 Å². The van der Waals surface area contributed by atoms with Gasteiger partial charge < -0.3 is 5.32 Å². The molecule has 5 heteroatoms. The Balaban J connectivity index is 4.42. The summed E-state index contributed by atoms with van der Waals surface area (Å²) in [6.45, 7) is 12.0. The van der Waals surface area contributed by atoms with Gasteiger partial charge in [0.2, 0.25) is 10.0 Å². The lowest BCUT2D eigenvalue weighted by atomic mass is 10.0. The van der Waals surface area contributed by atoms with E-state index in [1.165, 1.54) is 0 Å². The average Bonchev–Trinajstić information content (AvgIpc) is 2.29. The van der Waals surface area contributed by atoms with Crippen molar-refractivity contribution in [2.45, 2.75) is 53.5 Å². The molecule has 0 rings (SSSR count). The molecule has 1 N–H and O–H groups in total. The van der Waals surface area contributed by atoms with Gasteiger partial charge in [-0.25, -0.2) is 12.7 Å². The quantitative estimate of drug-likeness (QED) is 0.665. The molecule has 0 heterocycles. The van der Waals surface area contributed by atoms with Crippen molar-refractivity contribution < 1.29 is 8.42 Å². The van der Waals surface area contributed by atoms with Crippen LogP contribution in [-0.4, -0.2) is 44.2 Å². The third-order valence-electron chi connectivity index (χ3n) is 3.28. The highest BCUT2D eigenvalue weighted by Gasteiger charge is 2.22. The standard InChI is InChI=1S/C13H30N2O2S/c1-6-13(7-2)11-15(8-3)18(16,17)10-9-14-12(4)5/h12-14H,6-11H2,1-5H3. The summed E-state index contributed by atoms with van der Waals surface area (Å²) in [6.07, 6.45) is 2.07. The molecule has 0 saturated carbocycles. The fourth-order valence-electron chi connectivity index (χ4n) is 1.88. The van der Waals surface area contributed by atoms with Crippen LogP contribution in [0, 0.1) is 5.92 Å². The Morgan fingerprint density at radius 2 is 1.67 bits per heavy atom. The predicted octanol–water partition coefficient (Wildman–Crippen LogP) is 2.07. The molecule has 18 heavy (non-hydrogen) atoms. The van der Waals surface area contributed by atoms with Gasteiger partial charge >= 0.3 is 0 Å². The highest BCUT2D eigenvalue weighted by Crippen LogP contribution is 2.12. The number of nitrogens with one attached hydrogen (secondary N) is 1. The van der Waals surface area contributed by atoms with Gasteiger partial charge in [0.05, 0.1) is 5.75 Å². The van der Waals surface area contributed by atoms with Gasteiger partial charge in [0.1, 0.15) is 0 Å². The Morgan fingerprint density at radius 1 is 1.11 bits per heavy atom. The number of hydrogen-bond acceptors (Lipinski definition) is 3. The summed E-state index contributed by atoms with van der Waals surface area (Å²) in [7, 11) is -3.11. The monoisotopic (exact) mass is 278 g/mol. The van der Waals surface area contributed by atoms with E-state index in [4.69, 9.17) is 0 Å². The van der Waals surface area contributed by atoms with Crippen molar-refractivity contribution in [3.05, 3.63) is 0 Å². The minimum Gasteiger partial charge on any atom is -0.313 e. The van der Waals surface area contributed by atoms with Gasteiger partial charge in [-0.1, -0.05) is 47.5 Å². The third kappa shape index (κ3) is 6.71. The lowest BCUT2D eigenvalue weighted by Gasteiger charge is -2.25. The predicted molar refractivity (Wildman–Crippen MR) is 78.2 cm³/mol. The van der Waals surface area contributed by atoms with Crippen LogP contribution in [0.5, 0.6) is 0 Å². The molecule has 0 radical (unpaired) electrons. The van der Waals surface area contributed by atoms with Gasteiger partial charge in [-0.05, 0) is 5.92 Å². The largest absolute Gasteiger partial charge is 0.313 e. The fourth-order valence-corrected chi connectivity index (χ4v) is 3.35. The van der Waals surface area contributed by atoms with Gasteiger partial charge in [-0.2, -0.15) is 0 Å². The van der Waals surface area contributed by atoms with Crippen LogP contribution < -0.4 is 5.32 Å². The van der Waals surface area contributed by atoms with E-state index in [-0.39, 0.29) is 5.75 Å². The number of hydrogen-bond donors (Lipinski definition) is 1. The van der Waals surface area contributed by atoms with E-state index in [1.54, 1.807) is 4.31 Å². The zero-order chi connectivity index (χ0) is 14.2. The first kappa shape index (κ1) is 17.9. The Kier molecular flexibility index (Phi) is 8.82. The molecule has 0 atom stereocenters. The molecule has 0 aliphatic carbocycles. The number of nitrogens with zero attached hydrogens (tertiary/aromatic N) is 1. The zero-order valence-corrected chi connectivity index (χ0v) is 13.4. The molecule has 0 spiro atoms. The maximum Gasteiger partial charge on any atom is 0.215 e. The topological polar surface area (TPSA) is 49.4 Å². The second kappa shape index (κ2) is 8.88. The molecule has 0 amide bonds. The summed E-state index contributed by atoms with van der Waals surface area (Å²) in [4.78, 5) is 0. The van der Waals surface area contributed by atoms with Crippen LogP contribution in [0.4, 0.5) is 0 Å².